The van der Waals surface area contributed by atoms with Crippen LogP contribution in [0.15, 0.2) is 30.3 Å². The lowest BCUT2D eigenvalue weighted by molar-refractivity contribution is -0.122. The lowest BCUT2D eigenvalue weighted by atomic mass is 9.74. The topological polar surface area (TPSA) is 29.6 Å². The molecule has 1 aromatic carbocycles. The summed E-state index contributed by atoms with van der Waals surface area (Å²) in [6.07, 6.45) is 4.65. The van der Waals surface area contributed by atoms with Gasteiger partial charge in [-0.2, -0.15) is 0 Å². The molecule has 17 heavy (non-hydrogen) atoms. The van der Waals surface area contributed by atoms with E-state index in [2.05, 4.69) is 12.1 Å². The van der Waals surface area contributed by atoms with Gasteiger partial charge in [-0.1, -0.05) is 43.2 Å². The number of carbonyl (C=O) groups is 1. The second kappa shape index (κ2) is 3.20. The first-order valence-electron chi connectivity index (χ1n) is 6.59. The Morgan fingerprint density at radius 3 is 2.82 bits per heavy atom. The van der Waals surface area contributed by atoms with Crippen LogP contribution in [0.2, 0.25) is 0 Å². The Morgan fingerprint density at radius 2 is 2.00 bits per heavy atom. The van der Waals surface area contributed by atoms with Crippen molar-refractivity contribution in [3.8, 4) is 0 Å². The average Bonchev–Trinajstić information content (AvgIpc) is 3.03. The first kappa shape index (κ1) is 9.84. The third-order valence-electron chi connectivity index (χ3n) is 4.81. The van der Waals surface area contributed by atoms with E-state index in [9.17, 15) is 4.79 Å². The molecule has 88 valence electrons. The summed E-state index contributed by atoms with van der Waals surface area (Å²) in [4.78, 5) is 12.4. The van der Waals surface area contributed by atoms with Crippen LogP contribution in [0, 0.1) is 5.92 Å². The Kier molecular flexibility index (Phi) is 1.85. The summed E-state index contributed by atoms with van der Waals surface area (Å²) in [5, 5.41) is 0. The fourth-order valence-electron chi connectivity index (χ4n) is 4.02. The normalized spacial score (nSPS) is 43.1. The van der Waals surface area contributed by atoms with Gasteiger partial charge < -0.3 is 4.74 Å². The number of rotatable bonds is 1. The first-order valence-corrected chi connectivity index (χ1v) is 6.59. The van der Waals surface area contributed by atoms with Crippen molar-refractivity contribution in [1.29, 1.82) is 0 Å². The van der Waals surface area contributed by atoms with Crippen LogP contribution in [0.4, 0.5) is 0 Å². The van der Waals surface area contributed by atoms with Gasteiger partial charge in [-0.05, 0) is 18.4 Å². The van der Waals surface area contributed by atoms with Gasteiger partial charge in [0.1, 0.15) is 11.7 Å². The summed E-state index contributed by atoms with van der Waals surface area (Å²) in [6, 6.07) is 10.3. The van der Waals surface area contributed by atoms with Crippen LogP contribution in [0.25, 0.3) is 0 Å². The van der Waals surface area contributed by atoms with Crippen molar-refractivity contribution in [2.45, 2.75) is 43.3 Å². The summed E-state index contributed by atoms with van der Waals surface area (Å²) in [5.41, 5.74) is 1.15. The quantitative estimate of drug-likeness (QED) is 0.692. The van der Waals surface area contributed by atoms with Crippen LogP contribution in [0.3, 0.4) is 0 Å². The van der Waals surface area contributed by atoms with Gasteiger partial charge in [0.25, 0.3) is 0 Å². The fourth-order valence-corrected chi connectivity index (χ4v) is 4.02. The molecule has 0 amide bonds. The number of epoxide rings is 1. The van der Waals surface area contributed by atoms with Gasteiger partial charge in [0.2, 0.25) is 0 Å². The van der Waals surface area contributed by atoms with Gasteiger partial charge in [-0.3, -0.25) is 4.79 Å². The van der Waals surface area contributed by atoms with Crippen molar-refractivity contribution in [2.75, 3.05) is 0 Å². The molecule has 1 spiro atoms. The molecule has 4 rings (SSSR count). The van der Waals surface area contributed by atoms with E-state index < -0.39 is 0 Å². The third kappa shape index (κ3) is 1.17. The average molecular weight is 228 g/mol. The molecule has 1 aliphatic heterocycles. The first-order chi connectivity index (χ1) is 8.33. The molecule has 1 heterocycles. The molecule has 3 fully saturated rings. The second-order valence-corrected chi connectivity index (χ2v) is 5.60. The van der Waals surface area contributed by atoms with Crippen molar-refractivity contribution < 1.29 is 9.53 Å². The smallest absolute Gasteiger partial charge is 0.172 e. The number of ketones is 1. The highest BCUT2D eigenvalue weighted by molar-refractivity contribution is 5.97. The zero-order valence-electron chi connectivity index (χ0n) is 9.76. The summed E-state index contributed by atoms with van der Waals surface area (Å²) >= 11 is 0. The molecular formula is C15H16O2. The van der Waals surface area contributed by atoms with E-state index in [1.54, 1.807) is 0 Å². The van der Waals surface area contributed by atoms with Crippen LogP contribution in [0.1, 0.15) is 37.2 Å². The van der Waals surface area contributed by atoms with Crippen molar-refractivity contribution >= 4 is 5.78 Å². The maximum Gasteiger partial charge on any atom is 0.172 e. The van der Waals surface area contributed by atoms with Crippen molar-refractivity contribution in [3.63, 3.8) is 0 Å². The molecule has 1 unspecified atom stereocenters. The van der Waals surface area contributed by atoms with Crippen LogP contribution < -0.4 is 0 Å². The van der Waals surface area contributed by atoms with Gasteiger partial charge in [-0.15, -0.1) is 0 Å². The number of benzene rings is 1. The van der Waals surface area contributed by atoms with Crippen LogP contribution in [0.5, 0.6) is 0 Å². The minimum Gasteiger partial charge on any atom is -0.357 e. The van der Waals surface area contributed by atoms with Crippen molar-refractivity contribution in [1.82, 2.24) is 0 Å². The number of Topliss-reactive ketones (excluding diaryl/α,β-unsaturated/α-hetero) is 1. The Hall–Kier alpha value is -1.15. The Bertz CT molecular complexity index is 467. The van der Waals surface area contributed by atoms with Crippen LogP contribution in [-0.2, 0) is 9.53 Å². The Balaban J connectivity index is 1.75. The largest absolute Gasteiger partial charge is 0.357 e. The second-order valence-electron chi connectivity index (χ2n) is 5.60. The zero-order chi connectivity index (χ0) is 11.5. The van der Waals surface area contributed by atoms with Crippen LogP contribution in [-0.4, -0.2) is 17.5 Å². The third-order valence-corrected chi connectivity index (χ3v) is 4.81. The molecule has 1 aromatic rings. The molecule has 0 N–H and O–H groups in total. The highest BCUT2D eigenvalue weighted by Gasteiger charge is 2.73. The number of carbonyl (C=O) groups excluding carboxylic acids is 1. The van der Waals surface area contributed by atoms with Crippen molar-refractivity contribution in [2.24, 2.45) is 5.92 Å². The molecule has 2 nitrogen and oxygen atoms in total. The van der Waals surface area contributed by atoms with E-state index >= 15 is 0 Å². The maximum atomic E-state index is 12.4. The summed E-state index contributed by atoms with van der Waals surface area (Å²) in [5.74, 6) is 0.884. The van der Waals surface area contributed by atoms with Gasteiger partial charge in [-0.25, -0.2) is 0 Å². The minimum atomic E-state index is -0.0713. The van der Waals surface area contributed by atoms with Crippen LogP contribution >= 0.6 is 0 Å². The predicted octanol–water partition coefficient (Wildman–Crippen LogP) is 2.68. The highest BCUT2D eigenvalue weighted by atomic mass is 16.6. The molecule has 0 bridgehead atoms. The lowest BCUT2D eigenvalue weighted by Crippen LogP contribution is -2.29. The van der Waals surface area contributed by atoms with E-state index in [1.807, 2.05) is 18.2 Å². The number of hydrogen-bond acceptors (Lipinski definition) is 2. The van der Waals surface area contributed by atoms with E-state index in [1.165, 1.54) is 18.4 Å². The lowest BCUT2D eigenvalue weighted by Gasteiger charge is -2.30. The molecule has 2 aliphatic carbocycles. The minimum absolute atomic E-state index is 0.0458. The molecule has 0 radical (unpaired) electrons. The fraction of sp³-hybridized carbons (Fsp3) is 0.533. The zero-order valence-corrected chi connectivity index (χ0v) is 9.76. The summed E-state index contributed by atoms with van der Waals surface area (Å²) in [7, 11) is 0. The van der Waals surface area contributed by atoms with Gasteiger partial charge >= 0.3 is 0 Å². The van der Waals surface area contributed by atoms with E-state index in [0.717, 1.165) is 12.8 Å². The van der Waals surface area contributed by atoms with E-state index in [-0.39, 0.29) is 17.6 Å². The molecule has 3 aliphatic rings. The molecule has 1 saturated heterocycles. The van der Waals surface area contributed by atoms with Gasteiger partial charge in [0.05, 0.1) is 5.92 Å². The molecule has 0 aromatic heterocycles. The van der Waals surface area contributed by atoms with Gasteiger partial charge in [0.15, 0.2) is 5.78 Å². The Labute approximate surface area is 101 Å². The number of ether oxygens (including phenoxy) is 1. The molecule has 2 saturated carbocycles. The maximum absolute atomic E-state index is 12.4. The predicted molar refractivity (Wildman–Crippen MR) is 63.8 cm³/mol. The number of hydrogen-bond donors (Lipinski definition) is 0. The molecule has 2 heteroatoms. The molecular weight excluding hydrogens is 212 g/mol. The standard InChI is InChI=1S/C15H16O2/c16-13-12(10-6-2-1-3-7-10)11-8-4-5-9-15(11)14(13)17-15/h1-3,6-7,11-12,14H,4-5,8-9H2/t11-,12-,14+,15?/m0/s1. The SMILES string of the molecule is O=C1[C@H]2OC23CCCC[C@H]3[C@@H]1c1ccccc1. The highest BCUT2D eigenvalue weighted by Crippen LogP contribution is 2.63. The van der Waals surface area contributed by atoms with E-state index in [0.29, 0.717) is 11.7 Å². The van der Waals surface area contributed by atoms with Gasteiger partial charge in [0, 0.05) is 5.92 Å². The summed E-state index contributed by atoms with van der Waals surface area (Å²) in [6.45, 7) is 0. The summed E-state index contributed by atoms with van der Waals surface area (Å²) < 4.78 is 5.76. The molecule has 4 atom stereocenters. The van der Waals surface area contributed by atoms with Crippen molar-refractivity contribution in [3.05, 3.63) is 35.9 Å². The van der Waals surface area contributed by atoms with E-state index in [4.69, 9.17) is 4.74 Å². The monoisotopic (exact) mass is 228 g/mol. The Morgan fingerprint density at radius 1 is 1.18 bits per heavy atom.